The molecule has 0 aromatic carbocycles. The number of hydrogen-bond donors (Lipinski definition) is 1. The van der Waals surface area contributed by atoms with Gasteiger partial charge in [0.15, 0.2) is 0 Å². The molecule has 2 rings (SSSR count). The molecule has 0 amide bonds. The maximum Gasteiger partial charge on any atom is 0.0728 e. The number of anilines is 1. The van der Waals surface area contributed by atoms with Crippen LogP contribution in [-0.4, -0.2) is 27.3 Å². The SMILES string of the molecule is Cn1cc(NC2CCSC2)cn1. The van der Waals surface area contributed by atoms with Gasteiger partial charge in [-0.25, -0.2) is 0 Å². The molecule has 1 aliphatic rings. The van der Waals surface area contributed by atoms with E-state index in [1.807, 2.05) is 35.9 Å². The Labute approximate surface area is 76.5 Å². The fraction of sp³-hybridized carbons (Fsp3) is 0.625. The smallest absolute Gasteiger partial charge is 0.0728 e. The summed E-state index contributed by atoms with van der Waals surface area (Å²) in [7, 11) is 1.94. The lowest BCUT2D eigenvalue weighted by Gasteiger charge is -2.09. The van der Waals surface area contributed by atoms with Crippen LogP contribution < -0.4 is 5.32 Å². The van der Waals surface area contributed by atoms with E-state index in [1.165, 1.54) is 17.9 Å². The first kappa shape index (κ1) is 7.98. The summed E-state index contributed by atoms with van der Waals surface area (Å²) in [6.07, 6.45) is 5.17. The zero-order valence-corrected chi connectivity index (χ0v) is 7.97. The van der Waals surface area contributed by atoms with Gasteiger partial charge in [0.1, 0.15) is 0 Å². The average Bonchev–Trinajstić information content (AvgIpc) is 2.63. The van der Waals surface area contributed by atoms with Crippen molar-refractivity contribution in [2.45, 2.75) is 12.5 Å². The first-order valence-electron chi connectivity index (χ1n) is 4.17. The van der Waals surface area contributed by atoms with E-state index in [0.717, 1.165) is 5.69 Å². The number of thioether (sulfide) groups is 1. The van der Waals surface area contributed by atoms with E-state index in [-0.39, 0.29) is 0 Å². The lowest BCUT2D eigenvalue weighted by Crippen LogP contribution is -2.17. The monoisotopic (exact) mass is 183 g/mol. The van der Waals surface area contributed by atoms with Crippen LogP contribution in [0.5, 0.6) is 0 Å². The van der Waals surface area contributed by atoms with Crippen molar-refractivity contribution in [1.29, 1.82) is 0 Å². The van der Waals surface area contributed by atoms with Gasteiger partial charge in [-0.15, -0.1) is 0 Å². The summed E-state index contributed by atoms with van der Waals surface area (Å²) < 4.78 is 1.82. The molecule has 12 heavy (non-hydrogen) atoms. The number of aromatic nitrogens is 2. The van der Waals surface area contributed by atoms with Crippen molar-refractivity contribution >= 4 is 17.4 Å². The van der Waals surface area contributed by atoms with Crippen molar-refractivity contribution in [1.82, 2.24) is 9.78 Å². The second-order valence-corrected chi connectivity index (χ2v) is 4.26. The van der Waals surface area contributed by atoms with Gasteiger partial charge in [-0.2, -0.15) is 16.9 Å². The average molecular weight is 183 g/mol. The highest BCUT2D eigenvalue weighted by atomic mass is 32.2. The molecule has 1 atom stereocenters. The van der Waals surface area contributed by atoms with Gasteiger partial charge < -0.3 is 5.32 Å². The first-order valence-corrected chi connectivity index (χ1v) is 5.33. The predicted octanol–water partition coefficient (Wildman–Crippen LogP) is 1.34. The van der Waals surface area contributed by atoms with E-state index in [9.17, 15) is 0 Å². The van der Waals surface area contributed by atoms with Crippen LogP contribution in [-0.2, 0) is 7.05 Å². The highest BCUT2D eigenvalue weighted by Crippen LogP contribution is 2.20. The van der Waals surface area contributed by atoms with Gasteiger partial charge in [-0.05, 0) is 12.2 Å². The van der Waals surface area contributed by atoms with Crippen LogP contribution in [0.2, 0.25) is 0 Å². The van der Waals surface area contributed by atoms with Crippen LogP contribution in [0.1, 0.15) is 6.42 Å². The maximum atomic E-state index is 4.11. The predicted molar refractivity (Wildman–Crippen MR) is 52.6 cm³/mol. The Hall–Kier alpha value is -0.640. The number of aryl methyl sites for hydroxylation is 1. The van der Waals surface area contributed by atoms with Gasteiger partial charge in [0.2, 0.25) is 0 Å². The minimum atomic E-state index is 0.652. The van der Waals surface area contributed by atoms with Crippen LogP contribution in [0.4, 0.5) is 5.69 Å². The standard InChI is InChI=1S/C8H13N3S/c1-11-5-8(4-9-11)10-7-2-3-12-6-7/h4-5,7,10H,2-3,6H2,1H3. The molecule has 0 saturated carbocycles. The van der Waals surface area contributed by atoms with E-state index in [2.05, 4.69) is 10.4 Å². The topological polar surface area (TPSA) is 29.9 Å². The third-order valence-electron chi connectivity index (χ3n) is 2.01. The molecule has 0 bridgehead atoms. The fourth-order valence-corrected chi connectivity index (χ4v) is 2.53. The van der Waals surface area contributed by atoms with Crippen LogP contribution in [0, 0.1) is 0 Å². The molecule has 3 nitrogen and oxygen atoms in total. The Balaban J connectivity index is 1.94. The third kappa shape index (κ3) is 1.75. The van der Waals surface area contributed by atoms with Crippen molar-refractivity contribution in [2.24, 2.45) is 7.05 Å². The molecule has 1 unspecified atom stereocenters. The Bertz CT molecular complexity index is 253. The lowest BCUT2D eigenvalue weighted by atomic mass is 10.2. The van der Waals surface area contributed by atoms with Crippen molar-refractivity contribution in [2.75, 3.05) is 16.8 Å². The van der Waals surface area contributed by atoms with Gasteiger partial charge in [0.05, 0.1) is 11.9 Å². The molecule has 0 aliphatic carbocycles. The zero-order valence-electron chi connectivity index (χ0n) is 7.16. The van der Waals surface area contributed by atoms with Crippen molar-refractivity contribution < 1.29 is 0 Å². The molecule has 66 valence electrons. The van der Waals surface area contributed by atoms with Gasteiger partial charge in [0.25, 0.3) is 0 Å². The molecule has 1 aromatic heterocycles. The maximum absolute atomic E-state index is 4.11. The highest BCUT2D eigenvalue weighted by Gasteiger charge is 2.14. The Morgan fingerprint density at radius 1 is 1.75 bits per heavy atom. The van der Waals surface area contributed by atoms with Gasteiger partial charge in [-0.3, -0.25) is 4.68 Å². The molecule has 2 heterocycles. The van der Waals surface area contributed by atoms with Crippen LogP contribution in [0.15, 0.2) is 12.4 Å². The van der Waals surface area contributed by atoms with Gasteiger partial charge in [-0.1, -0.05) is 0 Å². The van der Waals surface area contributed by atoms with Crippen molar-refractivity contribution in [3.8, 4) is 0 Å². The zero-order chi connectivity index (χ0) is 8.39. The Morgan fingerprint density at radius 3 is 3.25 bits per heavy atom. The second-order valence-electron chi connectivity index (χ2n) is 3.11. The van der Waals surface area contributed by atoms with Crippen molar-refractivity contribution in [3.05, 3.63) is 12.4 Å². The summed E-state index contributed by atoms with van der Waals surface area (Å²) in [5.74, 6) is 2.52. The minimum Gasteiger partial charge on any atom is -0.379 e. The van der Waals surface area contributed by atoms with Crippen LogP contribution in [0.3, 0.4) is 0 Å². The number of hydrogen-bond acceptors (Lipinski definition) is 3. The van der Waals surface area contributed by atoms with E-state index in [1.54, 1.807) is 0 Å². The van der Waals surface area contributed by atoms with Crippen molar-refractivity contribution in [3.63, 3.8) is 0 Å². The lowest BCUT2D eigenvalue weighted by molar-refractivity contribution is 0.767. The van der Waals surface area contributed by atoms with E-state index in [0.29, 0.717) is 6.04 Å². The van der Waals surface area contributed by atoms with Crippen LogP contribution in [0.25, 0.3) is 0 Å². The minimum absolute atomic E-state index is 0.652. The quantitative estimate of drug-likeness (QED) is 0.750. The second kappa shape index (κ2) is 3.39. The first-order chi connectivity index (χ1) is 5.84. The number of rotatable bonds is 2. The Morgan fingerprint density at radius 2 is 2.67 bits per heavy atom. The Kier molecular flexibility index (Phi) is 2.26. The molecular formula is C8H13N3S. The fourth-order valence-electron chi connectivity index (χ4n) is 1.38. The van der Waals surface area contributed by atoms with E-state index in [4.69, 9.17) is 0 Å². The molecule has 1 N–H and O–H groups in total. The number of nitrogens with one attached hydrogen (secondary N) is 1. The van der Waals surface area contributed by atoms with E-state index >= 15 is 0 Å². The molecule has 4 heteroatoms. The van der Waals surface area contributed by atoms with E-state index < -0.39 is 0 Å². The third-order valence-corrected chi connectivity index (χ3v) is 3.17. The summed E-state index contributed by atoms with van der Waals surface area (Å²) in [6.45, 7) is 0. The highest BCUT2D eigenvalue weighted by molar-refractivity contribution is 7.99. The molecule has 1 aliphatic heterocycles. The summed E-state index contributed by atoms with van der Waals surface area (Å²) in [6, 6.07) is 0.652. The molecule has 1 fully saturated rings. The molecule has 1 aromatic rings. The summed E-state index contributed by atoms with van der Waals surface area (Å²) >= 11 is 2.02. The summed E-state index contributed by atoms with van der Waals surface area (Å²) in [5, 5.41) is 7.56. The van der Waals surface area contributed by atoms with Gasteiger partial charge in [0, 0.05) is 25.0 Å². The molecule has 0 radical (unpaired) electrons. The summed E-state index contributed by atoms with van der Waals surface area (Å²) in [5.41, 5.74) is 1.14. The molecule has 0 spiro atoms. The molecular weight excluding hydrogens is 170 g/mol. The molecule has 1 saturated heterocycles. The summed E-state index contributed by atoms with van der Waals surface area (Å²) in [4.78, 5) is 0. The number of nitrogens with zero attached hydrogens (tertiary/aromatic N) is 2. The van der Waals surface area contributed by atoms with Crippen LogP contribution >= 0.6 is 11.8 Å². The van der Waals surface area contributed by atoms with Gasteiger partial charge >= 0.3 is 0 Å². The largest absolute Gasteiger partial charge is 0.379 e. The normalized spacial score (nSPS) is 22.9.